The molecule has 19 heavy (non-hydrogen) atoms. The fourth-order valence-electron chi connectivity index (χ4n) is 2.62. The van der Waals surface area contributed by atoms with Crippen molar-refractivity contribution < 1.29 is 9.18 Å². The third-order valence-electron chi connectivity index (χ3n) is 3.66. The molecule has 3 nitrogen and oxygen atoms in total. The minimum absolute atomic E-state index is 0.00247. The van der Waals surface area contributed by atoms with Crippen LogP contribution in [-0.2, 0) is 11.3 Å². The molecular formula is C14H18ClFN2O. The van der Waals surface area contributed by atoms with Gasteiger partial charge >= 0.3 is 0 Å². The average molecular weight is 285 g/mol. The number of hydrogen-bond donors (Lipinski definition) is 2. The number of carbonyl (C=O) groups excluding carboxylic acids is 1. The third kappa shape index (κ3) is 3.45. The van der Waals surface area contributed by atoms with Crippen molar-refractivity contribution in [2.45, 2.75) is 31.8 Å². The van der Waals surface area contributed by atoms with E-state index in [9.17, 15) is 9.18 Å². The molecule has 0 unspecified atom stereocenters. The number of halogens is 2. The zero-order valence-electron chi connectivity index (χ0n) is 10.9. The number of benzene rings is 1. The average Bonchev–Trinajstić information content (AvgIpc) is 2.87. The standard InChI is InChI=1S/C14H18ClFN2O/c1-17-14(19)11-3-2-4-13(11)18-8-9-7-10(16)5-6-12(9)15/h5-7,11,13,18H,2-4,8H2,1H3,(H,17,19)/t11-,13-/m1/s1. The zero-order chi connectivity index (χ0) is 13.8. The van der Waals surface area contributed by atoms with Crippen LogP contribution in [0.4, 0.5) is 4.39 Å². The first-order valence-corrected chi connectivity index (χ1v) is 6.88. The van der Waals surface area contributed by atoms with Crippen molar-refractivity contribution in [3.05, 3.63) is 34.6 Å². The molecule has 1 aliphatic rings. The molecule has 1 fully saturated rings. The SMILES string of the molecule is CNC(=O)[C@@H]1CCC[C@H]1NCc1cc(F)ccc1Cl. The van der Waals surface area contributed by atoms with Crippen LogP contribution in [0.3, 0.4) is 0 Å². The Labute approximate surface area is 117 Å². The lowest BCUT2D eigenvalue weighted by Gasteiger charge is -2.20. The Balaban J connectivity index is 1.98. The fourth-order valence-corrected chi connectivity index (χ4v) is 2.81. The topological polar surface area (TPSA) is 41.1 Å². The van der Waals surface area contributed by atoms with Crippen molar-refractivity contribution >= 4 is 17.5 Å². The monoisotopic (exact) mass is 284 g/mol. The summed E-state index contributed by atoms with van der Waals surface area (Å²) in [7, 11) is 1.65. The first-order chi connectivity index (χ1) is 9.11. The van der Waals surface area contributed by atoms with Gasteiger partial charge in [-0.1, -0.05) is 18.0 Å². The van der Waals surface area contributed by atoms with Gasteiger partial charge in [0, 0.05) is 24.7 Å². The maximum absolute atomic E-state index is 13.2. The molecule has 2 N–H and O–H groups in total. The molecule has 1 amide bonds. The molecule has 1 saturated carbocycles. The van der Waals surface area contributed by atoms with Gasteiger partial charge in [-0.2, -0.15) is 0 Å². The quantitative estimate of drug-likeness (QED) is 0.892. The van der Waals surface area contributed by atoms with Gasteiger partial charge in [0.05, 0.1) is 5.92 Å². The third-order valence-corrected chi connectivity index (χ3v) is 4.03. The van der Waals surface area contributed by atoms with Crippen LogP contribution in [0.15, 0.2) is 18.2 Å². The zero-order valence-corrected chi connectivity index (χ0v) is 11.6. The second-order valence-corrected chi connectivity index (χ2v) is 5.28. The highest BCUT2D eigenvalue weighted by Gasteiger charge is 2.31. The van der Waals surface area contributed by atoms with E-state index in [1.165, 1.54) is 12.1 Å². The summed E-state index contributed by atoms with van der Waals surface area (Å²) in [5, 5.41) is 6.55. The molecule has 0 aliphatic heterocycles. The molecule has 104 valence electrons. The molecule has 1 aromatic rings. The van der Waals surface area contributed by atoms with Gasteiger partial charge in [-0.15, -0.1) is 0 Å². The first kappa shape index (κ1) is 14.3. The minimum Gasteiger partial charge on any atom is -0.359 e. The molecule has 1 aliphatic carbocycles. The maximum atomic E-state index is 13.2. The molecule has 0 aromatic heterocycles. The molecule has 2 rings (SSSR count). The van der Waals surface area contributed by atoms with Gasteiger partial charge in [0.2, 0.25) is 5.91 Å². The van der Waals surface area contributed by atoms with Gasteiger partial charge in [-0.25, -0.2) is 4.39 Å². The van der Waals surface area contributed by atoms with Crippen molar-refractivity contribution in [2.24, 2.45) is 5.92 Å². The van der Waals surface area contributed by atoms with Crippen LogP contribution in [0.5, 0.6) is 0 Å². The van der Waals surface area contributed by atoms with E-state index in [1.807, 2.05) is 0 Å². The summed E-state index contributed by atoms with van der Waals surface area (Å²) in [6.45, 7) is 0.481. The molecule has 0 saturated heterocycles. The number of carbonyl (C=O) groups is 1. The van der Waals surface area contributed by atoms with Gasteiger partial charge in [0.15, 0.2) is 0 Å². The van der Waals surface area contributed by atoms with Crippen LogP contribution in [-0.4, -0.2) is 19.0 Å². The van der Waals surface area contributed by atoms with E-state index in [-0.39, 0.29) is 23.7 Å². The highest BCUT2D eigenvalue weighted by Crippen LogP contribution is 2.26. The van der Waals surface area contributed by atoms with E-state index in [1.54, 1.807) is 13.1 Å². The minimum atomic E-state index is -0.296. The number of hydrogen-bond acceptors (Lipinski definition) is 2. The second-order valence-electron chi connectivity index (χ2n) is 4.87. The molecule has 0 heterocycles. The van der Waals surface area contributed by atoms with E-state index in [0.29, 0.717) is 11.6 Å². The van der Waals surface area contributed by atoms with E-state index in [4.69, 9.17) is 11.6 Å². The summed E-state index contributed by atoms with van der Waals surface area (Å²) >= 11 is 6.02. The predicted molar refractivity (Wildman–Crippen MR) is 73.4 cm³/mol. The lowest BCUT2D eigenvalue weighted by molar-refractivity contribution is -0.124. The summed E-state index contributed by atoms with van der Waals surface area (Å²) in [4.78, 5) is 11.7. The maximum Gasteiger partial charge on any atom is 0.224 e. The smallest absolute Gasteiger partial charge is 0.224 e. The van der Waals surface area contributed by atoms with Crippen LogP contribution in [0.1, 0.15) is 24.8 Å². The summed E-state index contributed by atoms with van der Waals surface area (Å²) in [5.74, 6) is -0.229. The van der Waals surface area contributed by atoms with Crippen LogP contribution in [0.25, 0.3) is 0 Å². The molecule has 0 radical (unpaired) electrons. The summed E-state index contributed by atoms with van der Waals surface area (Å²) < 4.78 is 13.2. The molecule has 0 spiro atoms. The van der Waals surface area contributed by atoms with Crippen molar-refractivity contribution in [2.75, 3.05) is 7.05 Å². The van der Waals surface area contributed by atoms with E-state index < -0.39 is 0 Å². The molecule has 2 atom stereocenters. The molecule has 1 aromatic carbocycles. The second kappa shape index (κ2) is 6.35. The van der Waals surface area contributed by atoms with Crippen LogP contribution in [0.2, 0.25) is 5.02 Å². The Morgan fingerprint density at radius 2 is 2.26 bits per heavy atom. The van der Waals surface area contributed by atoms with E-state index in [0.717, 1.165) is 24.8 Å². The van der Waals surface area contributed by atoms with Crippen molar-refractivity contribution in [3.63, 3.8) is 0 Å². The van der Waals surface area contributed by atoms with Crippen molar-refractivity contribution in [1.29, 1.82) is 0 Å². The van der Waals surface area contributed by atoms with Crippen LogP contribution >= 0.6 is 11.6 Å². The van der Waals surface area contributed by atoms with Crippen LogP contribution < -0.4 is 10.6 Å². The van der Waals surface area contributed by atoms with Gasteiger partial charge in [-0.3, -0.25) is 4.79 Å². The summed E-state index contributed by atoms with van der Waals surface area (Å²) in [5.41, 5.74) is 0.726. The van der Waals surface area contributed by atoms with E-state index in [2.05, 4.69) is 10.6 Å². The molecule has 5 heteroatoms. The van der Waals surface area contributed by atoms with Gasteiger partial charge in [0.25, 0.3) is 0 Å². The van der Waals surface area contributed by atoms with Crippen LogP contribution in [0, 0.1) is 11.7 Å². The Bertz CT molecular complexity index is 467. The first-order valence-electron chi connectivity index (χ1n) is 6.50. The Morgan fingerprint density at radius 3 is 3.00 bits per heavy atom. The fraction of sp³-hybridized carbons (Fsp3) is 0.500. The number of nitrogens with one attached hydrogen (secondary N) is 2. The van der Waals surface area contributed by atoms with Gasteiger partial charge in [-0.05, 0) is 36.6 Å². The lowest BCUT2D eigenvalue weighted by Crippen LogP contribution is -2.40. The lowest BCUT2D eigenvalue weighted by atomic mass is 10.0. The summed E-state index contributed by atoms with van der Waals surface area (Å²) in [6.07, 6.45) is 2.89. The predicted octanol–water partition coefficient (Wildman–Crippen LogP) is 2.48. The Kier molecular flexibility index (Phi) is 4.77. The normalized spacial score (nSPS) is 22.5. The summed E-state index contributed by atoms with van der Waals surface area (Å²) in [6, 6.07) is 4.46. The molecular weight excluding hydrogens is 267 g/mol. The van der Waals surface area contributed by atoms with E-state index >= 15 is 0 Å². The Morgan fingerprint density at radius 1 is 1.47 bits per heavy atom. The van der Waals surface area contributed by atoms with Crippen molar-refractivity contribution in [3.8, 4) is 0 Å². The number of amides is 1. The van der Waals surface area contributed by atoms with Crippen molar-refractivity contribution in [1.82, 2.24) is 10.6 Å². The number of rotatable bonds is 4. The highest BCUT2D eigenvalue weighted by molar-refractivity contribution is 6.31. The Hall–Kier alpha value is -1.13. The van der Waals surface area contributed by atoms with Gasteiger partial charge < -0.3 is 10.6 Å². The highest BCUT2D eigenvalue weighted by atomic mass is 35.5. The largest absolute Gasteiger partial charge is 0.359 e. The van der Waals surface area contributed by atoms with Gasteiger partial charge in [0.1, 0.15) is 5.82 Å². The molecule has 0 bridgehead atoms.